The van der Waals surface area contributed by atoms with Gasteiger partial charge in [-0.25, -0.2) is 0 Å². The van der Waals surface area contributed by atoms with Crippen LogP contribution in [0.15, 0.2) is 29.2 Å². The van der Waals surface area contributed by atoms with Crippen molar-refractivity contribution >= 4 is 18.5 Å². The molecule has 0 aliphatic carbocycles. The molecule has 0 radical (unpaired) electrons. The maximum absolute atomic E-state index is 12.1. The van der Waals surface area contributed by atoms with Crippen LogP contribution in [0.5, 0.6) is 0 Å². The van der Waals surface area contributed by atoms with Crippen molar-refractivity contribution in [3.8, 4) is 0 Å². The molecule has 1 atom stereocenters. The van der Waals surface area contributed by atoms with Crippen LogP contribution >= 0.6 is 12.6 Å². The van der Waals surface area contributed by atoms with E-state index in [-0.39, 0.29) is 5.91 Å². The normalized spacial score (nSPS) is 29.2. The SMILES string of the molecule is O=C(Cc1ccc(S)cc1)NC1CN2CCC1CC2. The van der Waals surface area contributed by atoms with Crippen molar-refractivity contribution in [1.29, 1.82) is 0 Å². The average molecular weight is 276 g/mol. The Labute approximate surface area is 119 Å². The number of hydrogen-bond donors (Lipinski definition) is 2. The number of fused-ring (bicyclic) bond motifs is 3. The first-order valence-corrected chi connectivity index (χ1v) is 7.45. The first-order valence-electron chi connectivity index (χ1n) is 7.00. The van der Waals surface area contributed by atoms with Gasteiger partial charge in [0.15, 0.2) is 0 Å². The quantitative estimate of drug-likeness (QED) is 0.824. The lowest BCUT2D eigenvalue weighted by Gasteiger charge is -2.44. The predicted molar refractivity (Wildman–Crippen MR) is 78.5 cm³/mol. The fourth-order valence-corrected chi connectivity index (χ4v) is 3.33. The Morgan fingerprint density at radius 3 is 2.53 bits per heavy atom. The molecule has 1 amide bonds. The number of nitrogens with zero attached hydrogens (tertiary/aromatic N) is 1. The summed E-state index contributed by atoms with van der Waals surface area (Å²) >= 11 is 4.25. The van der Waals surface area contributed by atoms with Crippen molar-refractivity contribution < 1.29 is 4.79 Å². The zero-order valence-electron chi connectivity index (χ0n) is 11.0. The van der Waals surface area contributed by atoms with Crippen LogP contribution in [-0.4, -0.2) is 36.5 Å². The summed E-state index contributed by atoms with van der Waals surface area (Å²) < 4.78 is 0. The van der Waals surface area contributed by atoms with Gasteiger partial charge in [-0.15, -0.1) is 12.6 Å². The summed E-state index contributed by atoms with van der Waals surface area (Å²) in [4.78, 5) is 15.5. The van der Waals surface area contributed by atoms with Gasteiger partial charge in [0.05, 0.1) is 6.42 Å². The van der Waals surface area contributed by atoms with E-state index in [4.69, 9.17) is 0 Å². The second kappa shape index (κ2) is 5.55. The van der Waals surface area contributed by atoms with Crippen molar-refractivity contribution in [1.82, 2.24) is 10.2 Å². The minimum Gasteiger partial charge on any atom is -0.352 e. The van der Waals surface area contributed by atoms with Gasteiger partial charge in [0.1, 0.15) is 0 Å². The minimum atomic E-state index is 0.144. The third kappa shape index (κ3) is 3.12. The van der Waals surface area contributed by atoms with Crippen molar-refractivity contribution in [3.05, 3.63) is 29.8 Å². The molecule has 3 aliphatic heterocycles. The van der Waals surface area contributed by atoms with Gasteiger partial charge in [0, 0.05) is 17.5 Å². The van der Waals surface area contributed by atoms with Crippen LogP contribution in [0.2, 0.25) is 0 Å². The van der Waals surface area contributed by atoms with Crippen molar-refractivity contribution in [2.24, 2.45) is 5.92 Å². The van der Waals surface area contributed by atoms with Gasteiger partial charge in [-0.2, -0.15) is 0 Å². The topological polar surface area (TPSA) is 32.3 Å². The van der Waals surface area contributed by atoms with Gasteiger partial charge >= 0.3 is 0 Å². The number of piperidine rings is 3. The van der Waals surface area contributed by atoms with E-state index in [1.54, 1.807) is 0 Å². The molecular weight excluding hydrogens is 256 g/mol. The number of thiol groups is 1. The molecule has 1 unspecified atom stereocenters. The van der Waals surface area contributed by atoms with Crippen molar-refractivity contribution in [3.63, 3.8) is 0 Å². The third-order valence-electron chi connectivity index (χ3n) is 4.30. The van der Waals surface area contributed by atoms with Crippen LogP contribution < -0.4 is 5.32 Å². The largest absolute Gasteiger partial charge is 0.352 e. The second-order valence-electron chi connectivity index (χ2n) is 5.66. The highest BCUT2D eigenvalue weighted by Crippen LogP contribution is 2.27. The number of carbonyl (C=O) groups excluding carboxylic acids is 1. The molecule has 1 aromatic rings. The van der Waals surface area contributed by atoms with Gasteiger partial charge in [-0.3, -0.25) is 4.79 Å². The fourth-order valence-electron chi connectivity index (χ4n) is 3.19. The molecule has 4 rings (SSSR count). The highest BCUT2D eigenvalue weighted by Gasteiger charge is 2.34. The van der Waals surface area contributed by atoms with Crippen LogP contribution in [0, 0.1) is 5.92 Å². The van der Waals surface area contributed by atoms with E-state index in [0.717, 1.165) is 17.0 Å². The summed E-state index contributed by atoms with van der Waals surface area (Å²) in [5, 5.41) is 3.21. The number of amides is 1. The molecule has 0 spiro atoms. The van der Waals surface area contributed by atoms with Crippen LogP contribution in [0.3, 0.4) is 0 Å². The van der Waals surface area contributed by atoms with E-state index in [9.17, 15) is 4.79 Å². The lowest BCUT2D eigenvalue weighted by atomic mass is 9.84. The van der Waals surface area contributed by atoms with Gasteiger partial charge in [-0.1, -0.05) is 12.1 Å². The van der Waals surface area contributed by atoms with Crippen LogP contribution in [0.4, 0.5) is 0 Å². The van der Waals surface area contributed by atoms with E-state index in [0.29, 0.717) is 18.4 Å². The van der Waals surface area contributed by atoms with Crippen LogP contribution in [0.1, 0.15) is 18.4 Å². The minimum absolute atomic E-state index is 0.144. The number of nitrogens with one attached hydrogen (secondary N) is 1. The monoisotopic (exact) mass is 276 g/mol. The summed E-state index contributed by atoms with van der Waals surface area (Å²) in [6.07, 6.45) is 2.94. The highest BCUT2D eigenvalue weighted by molar-refractivity contribution is 7.80. The molecule has 0 aromatic heterocycles. The lowest BCUT2D eigenvalue weighted by molar-refractivity contribution is -0.122. The number of carbonyl (C=O) groups is 1. The Morgan fingerprint density at radius 2 is 1.95 bits per heavy atom. The molecule has 19 heavy (non-hydrogen) atoms. The number of benzene rings is 1. The zero-order valence-corrected chi connectivity index (χ0v) is 11.9. The summed E-state index contributed by atoms with van der Waals surface area (Å²) in [7, 11) is 0. The first kappa shape index (κ1) is 13.0. The molecule has 4 heteroatoms. The van der Waals surface area contributed by atoms with Crippen molar-refractivity contribution in [2.45, 2.75) is 30.2 Å². The van der Waals surface area contributed by atoms with E-state index in [1.807, 2.05) is 24.3 Å². The molecule has 3 fully saturated rings. The van der Waals surface area contributed by atoms with E-state index in [2.05, 4.69) is 22.8 Å². The third-order valence-corrected chi connectivity index (χ3v) is 4.60. The fraction of sp³-hybridized carbons (Fsp3) is 0.533. The molecule has 0 saturated carbocycles. The summed E-state index contributed by atoms with van der Waals surface area (Å²) in [5.41, 5.74) is 1.05. The lowest BCUT2D eigenvalue weighted by Crippen LogP contribution is -2.57. The number of rotatable bonds is 3. The Bertz CT molecular complexity index is 452. The summed E-state index contributed by atoms with van der Waals surface area (Å²) in [5.74, 6) is 0.833. The molecule has 2 bridgehead atoms. The van der Waals surface area contributed by atoms with Gasteiger partial charge in [0.25, 0.3) is 0 Å². The van der Waals surface area contributed by atoms with Crippen LogP contribution in [-0.2, 0) is 11.2 Å². The molecular formula is C15H20N2OS. The van der Waals surface area contributed by atoms with Gasteiger partial charge < -0.3 is 10.2 Å². The van der Waals surface area contributed by atoms with Gasteiger partial charge in [-0.05, 0) is 49.5 Å². The van der Waals surface area contributed by atoms with Crippen LogP contribution in [0.25, 0.3) is 0 Å². The van der Waals surface area contributed by atoms with Gasteiger partial charge in [0.2, 0.25) is 5.91 Å². The van der Waals surface area contributed by atoms with E-state index in [1.165, 1.54) is 25.9 Å². The van der Waals surface area contributed by atoms with Crippen molar-refractivity contribution in [2.75, 3.05) is 19.6 Å². The highest BCUT2D eigenvalue weighted by atomic mass is 32.1. The molecule has 3 heterocycles. The Morgan fingerprint density at radius 1 is 1.26 bits per heavy atom. The average Bonchev–Trinajstić information content (AvgIpc) is 2.43. The molecule has 3 aliphatic rings. The second-order valence-corrected chi connectivity index (χ2v) is 6.17. The van der Waals surface area contributed by atoms with E-state index < -0.39 is 0 Å². The molecule has 102 valence electrons. The Kier molecular flexibility index (Phi) is 3.80. The Hall–Kier alpha value is -1.00. The summed E-state index contributed by atoms with van der Waals surface area (Å²) in [6, 6.07) is 8.16. The molecule has 1 aromatic carbocycles. The predicted octanol–water partition coefficient (Wildman–Crippen LogP) is 1.73. The Balaban J connectivity index is 1.55. The molecule has 1 N–H and O–H groups in total. The zero-order chi connectivity index (χ0) is 13.2. The first-order chi connectivity index (χ1) is 9.20. The maximum atomic E-state index is 12.1. The molecule has 3 nitrogen and oxygen atoms in total. The summed E-state index contributed by atoms with van der Waals surface area (Å²) in [6.45, 7) is 3.45. The maximum Gasteiger partial charge on any atom is 0.224 e. The smallest absolute Gasteiger partial charge is 0.224 e. The standard InChI is InChI=1S/C15H20N2OS/c18-15(9-11-1-3-13(19)4-2-11)16-14-10-17-7-5-12(14)6-8-17/h1-4,12,14,19H,5-10H2,(H,16,18). The van der Waals surface area contributed by atoms with E-state index >= 15 is 0 Å². The number of hydrogen-bond acceptors (Lipinski definition) is 3. The molecule has 3 saturated heterocycles.